The van der Waals surface area contributed by atoms with Crippen molar-refractivity contribution in [1.82, 2.24) is 5.32 Å². The lowest BCUT2D eigenvalue weighted by molar-refractivity contribution is -0.118. The molecule has 1 amide bonds. The van der Waals surface area contributed by atoms with E-state index in [2.05, 4.69) is 54.9 Å². The number of nitrogens with zero attached hydrogens (tertiary/aromatic N) is 1. The van der Waals surface area contributed by atoms with E-state index in [0.717, 1.165) is 11.3 Å². The Hall–Kier alpha value is -3.21. The van der Waals surface area contributed by atoms with E-state index >= 15 is 0 Å². The average molecular weight is 390 g/mol. The van der Waals surface area contributed by atoms with E-state index in [1.165, 1.54) is 5.56 Å². The number of ether oxygens (including phenoxy) is 2. The molecule has 1 saturated heterocycles. The third kappa shape index (κ3) is 2.89. The Kier molecular flexibility index (Phi) is 4.61. The monoisotopic (exact) mass is 390 g/mol. The summed E-state index contributed by atoms with van der Waals surface area (Å²) in [5, 5.41) is 3.24. The van der Waals surface area contributed by atoms with Gasteiger partial charge >= 0.3 is 0 Å². The molecule has 29 heavy (non-hydrogen) atoms. The van der Waals surface area contributed by atoms with E-state index in [1.54, 1.807) is 13.2 Å². The highest BCUT2D eigenvalue weighted by molar-refractivity contribution is 5.91. The number of carbonyl (C=O) groups is 1. The molecule has 5 nitrogen and oxygen atoms in total. The lowest BCUT2D eigenvalue weighted by Gasteiger charge is -2.40. The first-order chi connectivity index (χ1) is 13.9. The maximum Gasteiger partial charge on any atom is 0.241 e. The van der Waals surface area contributed by atoms with Crippen LogP contribution in [0.15, 0.2) is 61.2 Å². The van der Waals surface area contributed by atoms with Gasteiger partial charge in [-0.25, -0.2) is 0 Å². The minimum atomic E-state index is -0.612. The topological polar surface area (TPSA) is 50.8 Å². The molecule has 2 aromatic rings. The van der Waals surface area contributed by atoms with Crippen LogP contribution in [0.4, 0.5) is 5.69 Å². The minimum Gasteiger partial charge on any atom is -0.493 e. The van der Waals surface area contributed by atoms with Gasteiger partial charge in [0, 0.05) is 11.1 Å². The predicted molar refractivity (Wildman–Crippen MR) is 115 cm³/mol. The average Bonchev–Trinajstić information content (AvgIpc) is 3.16. The molecule has 0 unspecified atom stereocenters. The van der Waals surface area contributed by atoms with E-state index < -0.39 is 5.66 Å². The minimum absolute atomic E-state index is 0.0305. The van der Waals surface area contributed by atoms with Crippen molar-refractivity contribution in [2.45, 2.75) is 24.9 Å². The Bertz CT molecular complexity index is 995. The van der Waals surface area contributed by atoms with Crippen molar-refractivity contribution < 1.29 is 14.3 Å². The lowest BCUT2D eigenvalue weighted by Crippen LogP contribution is -2.58. The van der Waals surface area contributed by atoms with Gasteiger partial charge in [0.25, 0.3) is 0 Å². The molecule has 150 valence electrons. The van der Waals surface area contributed by atoms with Gasteiger partial charge in [0.2, 0.25) is 5.91 Å². The van der Waals surface area contributed by atoms with Crippen LogP contribution in [0, 0.1) is 0 Å². The number of para-hydroxylation sites is 1. The number of benzene rings is 2. The summed E-state index contributed by atoms with van der Waals surface area (Å²) in [5.41, 5.74) is 2.40. The number of rotatable bonds is 6. The van der Waals surface area contributed by atoms with Crippen LogP contribution in [0.25, 0.3) is 6.08 Å². The largest absolute Gasteiger partial charge is 0.493 e. The van der Waals surface area contributed by atoms with Gasteiger partial charge in [-0.15, -0.1) is 0 Å². The number of fused-ring (bicyclic) bond motifs is 3. The van der Waals surface area contributed by atoms with Crippen LogP contribution in [-0.2, 0) is 10.2 Å². The first kappa shape index (κ1) is 19.1. The fraction of sp³-hybridized carbons (Fsp3) is 0.292. The summed E-state index contributed by atoms with van der Waals surface area (Å²) in [6.07, 6.45) is 5.83. The second kappa shape index (κ2) is 6.99. The molecule has 0 aromatic heterocycles. The quantitative estimate of drug-likeness (QED) is 0.760. The highest BCUT2D eigenvalue weighted by atomic mass is 16.5. The normalized spacial score (nSPS) is 21.6. The van der Waals surface area contributed by atoms with Gasteiger partial charge in [-0.05, 0) is 35.4 Å². The van der Waals surface area contributed by atoms with Crippen LogP contribution in [0.5, 0.6) is 11.5 Å². The molecule has 2 aliphatic rings. The summed E-state index contributed by atoms with van der Waals surface area (Å²) in [5.74, 6) is 1.36. The molecule has 5 heteroatoms. The number of anilines is 1. The molecule has 1 fully saturated rings. The van der Waals surface area contributed by atoms with Crippen molar-refractivity contribution in [3.63, 3.8) is 0 Å². The molecule has 2 aromatic carbocycles. The standard InChI is InChI=1S/C24H26N2O3/c1-5-14-29-20-11-10-17(15-21(20)28-4)12-13-24-23(2,3)18-8-6-7-9-19(18)26(24)16-22(27)25-24/h5-13,15H,1,14,16H2,2-4H3,(H,25,27)/b13-12+/t24-/m0/s1. The first-order valence-electron chi connectivity index (χ1n) is 9.72. The smallest absolute Gasteiger partial charge is 0.241 e. The van der Waals surface area contributed by atoms with Crippen LogP contribution in [0.2, 0.25) is 0 Å². The molecule has 0 saturated carbocycles. The molecule has 4 rings (SSSR count). The molecular weight excluding hydrogens is 364 g/mol. The molecule has 1 N–H and O–H groups in total. The van der Waals surface area contributed by atoms with Crippen molar-refractivity contribution in [3.8, 4) is 11.5 Å². The molecule has 2 heterocycles. The number of amides is 1. The predicted octanol–water partition coefficient (Wildman–Crippen LogP) is 3.90. The van der Waals surface area contributed by atoms with E-state index in [1.807, 2.05) is 30.3 Å². The van der Waals surface area contributed by atoms with Crippen LogP contribution in [0.3, 0.4) is 0 Å². The maximum atomic E-state index is 12.4. The number of methoxy groups -OCH3 is 1. The van der Waals surface area contributed by atoms with Crippen LogP contribution in [0.1, 0.15) is 25.0 Å². The number of hydrogen-bond acceptors (Lipinski definition) is 4. The third-order valence-corrected chi connectivity index (χ3v) is 5.94. The SMILES string of the molecule is C=CCOc1ccc(/C=C/[C@]23NC(=O)CN2c2ccccc2C3(C)C)cc1OC. The van der Waals surface area contributed by atoms with Gasteiger partial charge in [0.1, 0.15) is 12.3 Å². The van der Waals surface area contributed by atoms with Gasteiger partial charge in [-0.3, -0.25) is 4.79 Å². The Morgan fingerprint density at radius 1 is 1.21 bits per heavy atom. The Morgan fingerprint density at radius 3 is 2.76 bits per heavy atom. The number of carbonyl (C=O) groups excluding carboxylic acids is 1. The third-order valence-electron chi connectivity index (χ3n) is 5.94. The Labute approximate surface area is 171 Å². The molecule has 2 aliphatic heterocycles. The van der Waals surface area contributed by atoms with Crippen molar-refractivity contribution in [2.75, 3.05) is 25.2 Å². The van der Waals surface area contributed by atoms with E-state index in [9.17, 15) is 4.79 Å². The van der Waals surface area contributed by atoms with Crippen LogP contribution < -0.4 is 19.7 Å². The van der Waals surface area contributed by atoms with Crippen LogP contribution >= 0.6 is 0 Å². The summed E-state index contributed by atoms with van der Waals surface area (Å²) >= 11 is 0. The molecule has 0 aliphatic carbocycles. The fourth-order valence-corrected chi connectivity index (χ4v) is 4.41. The Morgan fingerprint density at radius 2 is 2.00 bits per heavy atom. The zero-order valence-corrected chi connectivity index (χ0v) is 17.1. The van der Waals surface area contributed by atoms with Crippen LogP contribution in [-0.4, -0.2) is 31.8 Å². The van der Waals surface area contributed by atoms with Crippen molar-refractivity contribution in [3.05, 3.63) is 72.3 Å². The molecular formula is C24H26N2O3. The van der Waals surface area contributed by atoms with Gasteiger partial charge in [0.15, 0.2) is 11.5 Å². The van der Waals surface area contributed by atoms with Crippen molar-refractivity contribution in [1.29, 1.82) is 0 Å². The van der Waals surface area contributed by atoms with Crippen molar-refractivity contribution >= 4 is 17.7 Å². The van der Waals surface area contributed by atoms with Gasteiger partial charge in [-0.2, -0.15) is 0 Å². The molecule has 0 radical (unpaired) electrons. The molecule has 0 spiro atoms. The highest BCUT2D eigenvalue weighted by Gasteiger charge is 2.59. The van der Waals surface area contributed by atoms with E-state index in [4.69, 9.17) is 9.47 Å². The second-order valence-electron chi connectivity index (χ2n) is 7.89. The zero-order chi connectivity index (χ0) is 20.6. The number of hydrogen-bond donors (Lipinski definition) is 1. The van der Waals surface area contributed by atoms with Gasteiger partial charge < -0.3 is 19.7 Å². The van der Waals surface area contributed by atoms with Gasteiger partial charge in [0.05, 0.1) is 13.7 Å². The summed E-state index contributed by atoms with van der Waals surface area (Å²) in [6.45, 7) is 8.79. The Balaban J connectivity index is 1.72. The highest BCUT2D eigenvalue weighted by Crippen LogP contribution is 2.52. The maximum absolute atomic E-state index is 12.4. The van der Waals surface area contributed by atoms with E-state index in [0.29, 0.717) is 24.7 Å². The summed E-state index contributed by atoms with van der Waals surface area (Å²) < 4.78 is 11.1. The molecule has 0 bridgehead atoms. The first-order valence-corrected chi connectivity index (χ1v) is 9.72. The van der Waals surface area contributed by atoms with Crippen molar-refractivity contribution in [2.24, 2.45) is 0 Å². The molecule has 1 atom stereocenters. The van der Waals surface area contributed by atoms with E-state index in [-0.39, 0.29) is 11.3 Å². The summed E-state index contributed by atoms with van der Waals surface area (Å²) in [7, 11) is 1.62. The summed E-state index contributed by atoms with van der Waals surface area (Å²) in [4.78, 5) is 14.6. The fourth-order valence-electron chi connectivity index (χ4n) is 4.41. The van der Waals surface area contributed by atoms with Gasteiger partial charge in [-0.1, -0.05) is 56.8 Å². The summed E-state index contributed by atoms with van der Waals surface area (Å²) in [6, 6.07) is 14.1. The lowest BCUT2D eigenvalue weighted by atomic mass is 9.75. The second-order valence-corrected chi connectivity index (χ2v) is 7.89. The number of nitrogens with one attached hydrogen (secondary N) is 1. The zero-order valence-electron chi connectivity index (χ0n) is 17.1.